The van der Waals surface area contributed by atoms with E-state index in [1.54, 1.807) is 0 Å². The highest BCUT2D eigenvalue weighted by Crippen LogP contribution is 2.30. The number of anilines is 2. The van der Waals surface area contributed by atoms with E-state index in [4.69, 9.17) is 5.73 Å². The Morgan fingerprint density at radius 2 is 1.75 bits per heavy atom. The molecular weight excluding hydrogens is 250 g/mol. The minimum Gasteiger partial charge on any atom is -0.377 e. The molecule has 0 spiro atoms. The predicted molar refractivity (Wildman–Crippen MR) is 86.2 cm³/mol. The number of carbonyl (C=O) groups is 1. The molecule has 0 aliphatic carbocycles. The molecule has 20 heavy (non-hydrogen) atoms. The third-order valence-electron chi connectivity index (χ3n) is 4.13. The molecule has 4 nitrogen and oxygen atoms in total. The van der Waals surface area contributed by atoms with Gasteiger partial charge in [-0.3, -0.25) is 4.79 Å². The molecule has 0 fully saturated rings. The summed E-state index contributed by atoms with van der Waals surface area (Å²) in [5.41, 5.74) is 7.91. The van der Waals surface area contributed by atoms with E-state index in [0.29, 0.717) is 0 Å². The first-order chi connectivity index (χ1) is 8.96. The van der Waals surface area contributed by atoms with Crippen LogP contribution in [0.4, 0.5) is 11.4 Å². The Hall–Kier alpha value is -1.55. The summed E-state index contributed by atoms with van der Waals surface area (Å²) in [6, 6.07) is 5.90. The summed E-state index contributed by atoms with van der Waals surface area (Å²) in [5, 5.41) is 2.97. The molecule has 0 aromatic heterocycles. The Morgan fingerprint density at radius 1 is 1.20 bits per heavy atom. The number of nitrogens with one attached hydrogen (secondary N) is 1. The van der Waals surface area contributed by atoms with E-state index in [2.05, 4.69) is 5.32 Å². The second-order valence-corrected chi connectivity index (χ2v) is 6.70. The zero-order chi connectivity index (χ0) is 15.7. The molecule has 1 rings (SSSR count). The van der Waals surface area contributed by atoms with Crippen molar-refractivity contribution < 1.29 is 4.79 Å². The fourth-order valence-corrected chi connectivity index (χ4v) is 1.75. The lowest BCUT2D eigenvalue weighted by Gasteiger charge is -2.37. The maximum Gasteiger partial charge on any atom is 0.231 e. The highest BCUT2D eigenvalue weighted by atomic mass is 16.2. The number of aryl methyl sites for hydroxylation is 1. The Labute approximate surface area is 122 Å². The normalized spacial score (nSPS) is 12.2. The van der Waals surface area contributed by atoms with Crippen LogP contribution in [0.2, 0.25) is 0 Å². The number of hydrogen-bond donors (Lipinski definition) is 2. The van der Waals surface area contributed by atoms with Crippen LogP contribution >= 0.6 is 0 Å². The second kappa shape index (κ2) is 5.44. The first-order valence-electron chi connectivity index (χ1n) is 6.85. The molecule has 0 atom stereocenters. The van der Waals surface area contributed by atoms with E-state index in [-0.39, 0.29) is 5.91 Å². The zero-order valence-electron chi connectivity index (χ0n) is 13.7. The van der Waals surface area contributed by atoms with Crippen LogP contribution in [0, 0.1) is 12.3 Å². The molecule has 0 saturated carbocycles. The lowest BCUT2D eigenvalue weighted by atomic mass is 9.74. The molecule has 4 heteroatoms. The van der Waals surface area contributed by atoms with Crippen molar-refractivity contribution in [2.45, 2.75) is 40.2 Å². The molecule has 3 N–H and O–H groups in total. The van der Waals surface area contributed by atoms with E-state index in [0.717, 1.165) is 11.4 Å². The summed E-state index contributed by atoms with van der Waals surface area (Å²) in [7, 11) is 3.97. The van der Waals surface area contributed by atoms with Crippen molar-refractivity contribution in [3.8, 4) is 0 Å². The van der Waals surface area contributed by atoms with Gasteiger partial charge in [-0.05, 0) is 52.3 Å². The standard InChI is InChI=1S/C16H27N3O/c1-11-8-9-12(10-13(11)19(6)7)18-14(20)15(2,3)16(4,5)17/h8-10H,17H2,1-7H3,(H,18,20). The minimum atomic E-state index is -0.657. The fourth-order valence-electron chi connectivity index (χ4n) is 1.75. The maximum atomic E-state index is 12.4. The van der Waals surface area contributed by atoms with Crippen molar-refractivity contribution >= 4 is 17.3 Å². The Kier molecular flexibility index (Phi) is 4.49. The summed E-state index contributed by atoms with van der Waals surface area (Å²) >= 11 is 0. The second-order valence-electron chi connectivity index (χ2n) is 6.70. The van der Waals surface area contributed by atoms with Crippen molar-refractivity contribution in [3.63, 3.8) is 0 Å². The summed E-state index contributed by atoms with van der Waals surface area (Å²) in [5.74, 6) is -0.0708. The lowest BCUT2D eigenvalue weighted by Crippen LogP contribution is -2.53. The van der Waals surface area contributed by atoms with E-state index < -0.39 is 11.0 Å². The van der Waals surface area contributed by atoms with E-state index >= 15 is 0 Å². The number of hydrogen-bond acceptors (Lipinski definition) is 3. The van der Waals surface area contributed by atoms with Crippen LogP contribution in [0.3, 0.4) is 0 Å². The Morgan fingerprint density at radius 3 is 2.20 bits per heavy atom. The highest BCUT2D eigenvalue weighted by molar-refractivity contribution is 5.96. The lowest BCUT2D eigenvalue weighted by molar-refractivity contribution is -0.126. The van der Waals surface area contributed by atoms with E-state index in [1.807, 2.05) is 71.8 Å². The van der Waals surface area contributed by atoms with Crippen molar-refractivity contribution in [2.24, 2.45) is 11.1 Å². The molecule has 1 amide bonds. The summed E-state index contributed by atoms with van der Waals surface area (Å²) in [4.78, 5) is 14.5. The Balaban J connectivity index is 3.00. The molecular formula is C16H27N3O. The molecule has 0 saturated heterocycles. The molecule has 112 valence electrons. The smallest absolute Gasteiger partial charge is 0.231 e. The first kappa shape index (κ1) is 16.5. The van der Waals surface area contributed by atoms with E-state index in [9.17, 15) is 4.79 Å². The van der Waals surface area contributed by atoms with Gasteiger partial charge in [-0.2, -0.15) is 0 Å². The van der Waals surface area contributed by atoms with Gasteiger partial charge in [0.2, 0.25) is 5.91 Å². The molecule has 0 radical (unpaired) electrons. The van der Waals surface area contributed by atoms with Gasteiger partial charge in [-0.25, -0.2) is 0 Å². The van der Waals surface area contributed by atoms with Crippen LogP contribution in [0.25, 0.3) is 0 Å². The Bertz CT molecular complexity index is 499. The molecule has 1 aromatic rings. The van der Waals surface area contributed by atoms with Crippen LogP contribution in [0.1, 0.15) is 33.3 Å². The van der Waals surface area contributed by atoms with Gasteiger partial charge in [0, 0.05) is 31.0 Å². The number of benzene rings is 1. The molecule has 0 bridgehead atoms. The van der Waals surface area contributed by atoms with Gasteiger partial charge in [-0.1, -0.05) is 6.07 Å². The van der Waals surface area contributed by atoms with E-state index in [1.165, 1.54) is 5.56 Å². The van der Waals surface area contributed by atoms with Gasteiger partial charge in [0.25, 0.3) is 0 Å². The number of nitrogens with zero attached hydrogens (tertiary/aromatic N) is 1. The number of rotatable bonds is 4. The summed E-state index contributed by atoms with van der Waals surface area (Å²) in [6.07, 6.45) is 0. The van der Waals surface area contributed by atoms with Crippen molar-refractivity contribution in [1.29, 1.82) is 0 Å². The van der Waals surface area contributed by atoms with Crippen molar-refractivity contribution in [1.82, 2.24) is 0 Å². The number of amides is 1. The number of carbonyl (C=O) groups excluding carboxylic acids is 1. The van der Waals surface area contributed by atoms with Gasteiger partial charge < -0.3 is 16.0 Å². The first-order valence-corrected chi connectivity index (χ1v) is 6.85. The third-order valence-corrected chi connectivity index (χ3v) is 4.13. The fraction of sp³-hybridized carbons (Fsp3) is 0.562. The monoisotopic (exact) mass is 277 g/mol. The summed E-state index contributed by atoms with van der Waals surface area (Å²) in [6.45, 7) is 9.51. The van der Waals surface area contributed by atoms with Gasteiger partial charge in [0.1, 0.15) is 0 Å². The third kappa shape index (κ3) is 3.31. The van der Waals surface area contributed by atoms with Crippen LogP contribution in [0.15, 0.2) is 18.2 Å². The van der Waals surface area contributed by atoms with Gasteiger partial charge in [0.15, 0.2) is 0 Å². The molecule has 0 aliphatic heterocycles. The molecule has 0 heterocycles. The largest absolute Gasteiger partial charge is 0.377 e. The maximum absolute atomic E-state index is 12.4. The summed E-state index contributed by atoms with van der Waals surface area (Å²) < 4.78 is 0. The zero-order valence-corrected chi connectivity index (χ0v) is 13.7. The van der Waals surface area contributed by atoms with Gasteiger partial charge >= 0.3 is 0 Å². The van der Waals surface area contributed by atoms with Crippen LogP contribution < -0.4 is 16.0 Å². The molecule has 1 aromatic carbocycles. The topological polar surface area (TPSA) is 58.4 Å². The highest BCUT2D eigenvalue weighted by Gasteiger charge is 2.40. The quantitative estimate of drug-likeness (QED) is 0.889. The minimum absolute atomic E-state index is 0.0708. The SMILES string of the molecule is Cc1ccc(NC(=O)C(C)(C)C(C)(C)N)cc1N(C)C. The van der Waals surface area contributed by atoms with Gasteiger partial charge in [-0.15, -0.1) is 0 Å². The van der Waals surface area contributed by atoms with Gasteiger partial charge in [0.05, 0.1) is 5.41 Å². The van der Waals surface area contributed by atoms with Crippen LogP contribution in [0.5, 0.6) is 0 Å². The molecule has 0 unspecified atom stereocenters. The molecule has 0 aliphatic rings. The van der Waals surface area contributed by atoms with Crippen molar-refractivity contribution in [3.05, 3.63) is 23.8 Å². The average molecular weight is 277 g/mol. The van der Waals surface area contributed by atoms with Crippen LogP contribution in [-0.4, -0.2) is 25.5 Å². The number of nitrogens with two attached hydrogens (primary N) is 1. The predicted octanol–water partition coefficient (Wildman–Crippen LogP) is 2.76. The average Bonchev–Trinajstić information content (AvgIpc) is 2.29. The van der Waals surface area contributed by atoms with Crippen LogP contribution in [-0.2, 0) is 4.79 Å². The van der Waals surface area contributed by atoms with Crippen molar-refractivity contribution in [2.75, 3.05) is 24.3 Å².